The van der Waals surface area contributed by atoms with E-state index in [-0.39, 0.29) is 11.0 Å². The number of ether oxygens (including phenoxy) is 1. The van der Waals surface area contributed by atoms with Crippen LogP contribution in [-0.4, -0.2) is 22.6 Å². The maximum Gasteiger partial charge on any atom is 0.328 e. The molecule has 0 spiro atoms. The van der Waals surface area contributed by atoms with Gasteiger partial charge in [0.1, 0.15) is 5.02 Å². The zero-order valence-electron chi connectivity index (χ0n) is 12.7. The minimum Gasteiger partial charge on any atom is -0.469 e. The van der Waals surface area contributed by atoms with Crippen LogP contribution in [0.25, 0.3) is 0 Å². The van der Waals surface area contributed by atoms with Crippen LogP contribution in [0.15, 0.2) is 40.1 Å². The summed E-state index contributed by atoms with van der Waals surface area (Å²) in [5.41, 5.74) is 0.923. The average molecular weight is 337 g/mol. The molecule has 0 saturated carbocycles. The number of esters is 1. The number of H-pyrrole nitrogens is 1. The Morgan fingerprint density at radius 1 is 1.22 bits per heavy atom. The van der Waals surface area contributed by atoms with Crippen LogP contribution in [-0.2, 0) is 22.5 Å². The second kappa shape index (κ2) is 7.78. The lowest BCUT2D eigenvalue weighted by Crippen LogP contribution is -2.29. The molecule has 0 aliphatic rings. The molecule has 7 heteroatoms. The Balaban J connectivity index is 2.00. The smallest absolute Gasteiger partial charge is 0.328 e. The third kappa shape index (κ3) is 4.82. The number of halogens is 1. The number of hydrogen-bond acceptors (Lipinski definition) is 4. The fraction of sp³-hybridized carbons (Fsp3) is 0.312. The molecule has 2 aromatic rings. The first-order chi connectivity index (χ1) is 11.0. The lowest BCUT2D eigenvalue weighted by atomic mass is 10.1. The van der Waals surface area contributed by atoms with E-state index in [1.807, 2.05) is 24.3 Å². The van der Waals surface area contributed by atoms with Gasteiger partial charge in [0.2, 0.25) is 0 Å². The van der Waals surface area contributed by atoms with E-state index < -0.39 is 11.2 Å². The maximum absolute atomic E-state index is 11.7. The fourth-order valence-electron chi connectivity index (χ4n) is 2.15. The van der Waals surface area contributed by atoms with Crippen molar-refractivity contribution in [2.75, 3.05) is 7.11 Å². The molecule has 1 heterocycles. The Labute approximate surface area is 137 Å². The molecule has 23 heavy (non-hydrogen) atoms. The molecule has 0 unspecified atom stereocenters. The minimum absolute atomic E-state index is 0.0240. The highest BCUT2D eigenvalue weighted by Crippen LogP contribution is 2.09. The highest BCUT2D eigenvalue weighted by molar-refractivity contribution is 6.30. The van der Waals surface area contributed by atoms with E-state index in [2.05, 4.69) is 9.72 Å². The van der Waals surface area contributed by atoms with Crippen LogP contribution in [0.2, 0.25) is 5.02 Å². The number of nitrogens with zero attached hydrogens (tertiary/aromatic N) is 1. The van der Waals surface area contributed by atoms with Crippen molar-refractivity contribution in [3.05, 3.63) is 67.4 Å². The number of benzene rings is 1. The van der Waals surface area contributed by atoms with Gasteiger partial charge in [-0.1, -0.05) is 35.9 Å². The van der Waals surface area contributed by atoms with Crippen LogP contribution in [0.5, 0.6) is 0 Å². The van der Waals surface area contributed by atoms with E-state index in [4.69, 9.17) is 11.6 Å². The van der Waals surface area contributed by atoms with Crippen molar-refractivity contribution in [1.29, 1.82) is 0 Å². The van der Waals surface area contributed by atoms with Gasteiger partial charge in [-0.3, -0.25) is 19.1 Å². The largest absolute Gasteiger partial charge is 0.469 e. The van der Waals surface area contributed by atoms with E-state index in [1.165, 1.54) is 17.9 Å². The molecule has 1 aromatic carbocycles. The van der Waals surface area contributed by atoms with Gasteiger partial charge in [-0.15, -0.1) is 0 Å². The van der Waals surface area contributed by atoms with Gasteiger partial charge in [-0.05, 0) is 24.0 Å². The Bertz CT molecular complexity index is 793. The molecule has 0 amide bonds. The Kier molecular flexibility index (Phi) is 5.76. The fourth-order valence-corrected chi connectivity index (χ4v) is 2.31. The molecule has 0 aliphatic carbocycles. The number of methoxy groups -OCH3 is 1. The number of carbonyl (C=O) groups is 1. The minimum atomic E-state index is -0.589. The topological polar surface area (TPSA) is 81.2 Å². The van der Waals surface area contributed by atoms with E-state index in [0.717, 1.165) is 24.0 Å². The van der Waals surface area contributed by atoms with Crippen molar-refractivity contribution in [1.82, 2.24) is 9.55 Å². The van der Waals surface area contributed by atoms with E-state index in [0.29, 0.717) is 13.0 Å². The van der Waals surface area contributed by atoms with Crippen LogP contribution in [0.1, 0.15) is 24.0 Å². The SMILES string of the molecule is COC(=O)CCCc1ccc(Cn2cc(Cl)c(=O)[nH]c2=O)cc1. The van der Waals surface area contributed by atoms with Crippen LogP contribution >= 0.6 is 11.6 Å². The van der Waals surface area contributed by atoms with Gasteiger partial charge in [0, 0.05) is 12.6 Å². The van der Waals surface area contributed by atoms with Crippen molar-refractivity contribution in [2.45, 2.75) is 25.8 Å². The molecule has 0 aliphatic heterocycles. The molecule has 2 rings (SSSR count). The zero-order chi connectivity index (χ0) is 16.8. The van der Waals surface area contributed by atoms with E-state index in [9.17, 15) is 14.4 Å². The van der Waals surface area contributed by atoms with Crippen LogP contribution in [0.4, 0.5) is 0 Å². The van der Waals surface area contributed by atoms with Crippen LogP contribution in [0.3, 0.4) is 0 Å². The van der Waals surface area contributed by atoms with Crippen molar-refractivity contribution in [3.63, 3.8) is 0 Å². The monoisotopic (exact) mass is 336 g/mol. The summed E-state index contributed by atoms with van der Waals surface area (Å²) in [6, 6.07) is 7.70. The first-order valence-corrected chi connectivity index (χ1v) is 7.51. The molecule has 0 fully saturated rings. The number of rotatable bonds is 6. The molecule has 0 bridgehead atoms. The molecule has 1 aromatic heterocycles. The Hall–Kier alpha value is -2.34. The molecule has 0 radical (unpaired) electrons. The first kappa shape index (κ1) is 17.0. The lowest BCUT2D eigenvalue weighted by molar-refractivity contribution is -0.140. The molecule has 6 nitrogen and oxygen atoms in total. The van der Waals surface area contributed by atoms with Gasteiger partial charge >= 0.3 is 11.7 Å². The van der Waals surface area contributed by atoms with Crippen molar-refractivity contribution in [3.8, 4) is 0 Å². The van der Waals surface area contributed by atoms with Gasteiger partial charge < -0.3 is 4.74 Å². The second-order valence-corrected chi connectivity index (χ2v) is 5.52. The second-order valence-electron chi connectivity index (χ2n) is 5.11. The molecule has 1 N–H and O–H groups in total. The summed E-state index contributed by atoms with van der Waals surface area (Å²) in [5.74, 6) is -0.212. The van der Waals surface area contributed by atoms with Crippen LogP contribution < -0.4 is 11.2 Å². The van der Waals surface area contributed by atoms with Crippen molar-refractivity contribution >= 4 is 17.6 Å². The number of aromatic nitrogens is 2. The maximum atomic E-state index is 11.7. The Morgan fingerprint density at radius 2 is 1.87 bits per heavy atom. The zero-order valence-corrected chi connectivity index (χ0v) is 13.4. The van der Waals surface area contributed by atoms with Gasteiger partial charge in [0.25, 0.3) is 5.56 Å². The highest BCUT2D eigenvalue weighted by atomic mass is 35.5. The number of carbonyl (C=O) groups excluding carboxylic acids is 1. The molecule has 122 valence electrons. The lowest BCUT2D eigenvalue weighted by Gasteiger charge is -2.07. The molecule has 0 saturated heterocycles. The quantitative estimate of drug-likeness (QED) is 0.815. The summed E-state index contributed by atoms with van der Waals surface area (Å²) in [4.78, 5) is 36.1. The highest BCUT2D eigenvalue weighted by Gasteiger charge is 2.04. The normalized spacial score (nSPS) is 10.5. The van der Waals surface area contributed by atoms with E-state index >= 15 is 0 Å². The molecule has 0 atom stereocenters. The standard InChI is InChI=1S/C16H17ClN2O4/c1-23-14(20)4-2-3-11-5-7-12(8-6-11)9-19-10-13(17)15(21)18-16(19)22/h5-8,10H,2-4,9H2,1H3,(H,18,21,22). The van der Waals surface area contributed by atoms with Crippen LogP contribution in [0, 0.1) is 0 Å². The van der Waals surface area contributed by atoms with Gasteiger partial charge in [-0.25, -0.2) is 4.79 Å². The predicted octanol–water partition coefficient (Wildman–Crippen LogP) is 1.73. The number of aryl methyl sites for hydroxylation is 1. The van der Waals surface area contributed by atoms with Gasteiger partial charge in [0.15, 0.2) is 0 Å². The van der Waals surface area contributed by atoms with Gasteiger partial charge in [0.05, 0.1) is 13.7 Å². The number of hydrogen-bond donors (Lipinski definition) is 1. The summed E-state index contributed by atoms with van der Waals surface area (Å²) in [5, 5.41) is -0.0240. The molecular weight excluding hydrogens is 320 g/mol. The third-order valence-corrected chi connectivity index (χ3v) is 3.69. The van der Waals surface area contributed by atoms with Gasteiger partial charge in [-0.2, -0.15) is 0 Å². The summed E-state index contributed by atoms with van der Waals surface area (Å²) in [7, 11) is 1.38. The summed E-state index contributed by atoms with van der Waals surface area (Å²) in [6.07, 6.45) is 3.22. The van der Waals surface area contributed by atoms with Crippen molar-refractivity contribution in [2.24, 2.45) is 0 Å². The molecular formula is C16H17ClN2O4. The first-order valence-electron chi connectivity index (χ1n) is 7.13. The van der Waals surface area contributed by atoms with E-state index in [1.54, 1.807) is 0 Å². The number of aromatic amines is 1. The summed E-state index contributed by atoms with van der Waals surface area (Å²) < 4.78 is 5.94. The predicted molar refractivity (Wildman–Crippen MR) is 86.8 cm³/mol. The summed E-state index contributed by atoms with van der Waals surface area (Å²) in [6.45, 7) is 0.317. The number of nitrogens with one attached hydrogen (secondary N) is 1. The Morgan fingerprint density at radius 3 is 2.52 bits per heavy atom. The average Bonchev–Trinajstić information content (AvgIpc) is 2.54. The third-order valence-electron chi connectivity index (χ3n) is 3.42. The van der Waals surface area contributed by atoms with Crippen molar-refractivity contribution < 1.29 is 9.53 Å². The summed E-state index contributed by atoms with van der Waals surface area (Å²) >= 11 is 5.73.